The van der Waals surface area contributed by atoms with Crippen LogP contribution < -0.4 is 10.2 Å². The molecule has 2 heterocycles. The van der Waals surface area contributed by atoms with Gasteiger partial charge in [0, 0.05) is 26.5 Å². The lowest BCUT2D eigenvalue weighted by atomic mass is 10.2. The van der Waals surface area contributed by atoms with Crippen LogP contribution in [0.15, 0.2) is 36.9 Å². The zero-order chi connectivity index (χ0) is 13.0. The molecule has 0 aromatic carbocycles. The SMILES string of the molecule is CC(Nc1ccc(N(C)C)nc1)c1cnccn1. The zero-order valence-electron chi connectivity index (χ0n) is 10.8. The molecule has 0 aliphatic rings. The standard InChI is InChI=1S/C13H17N5/c1-10(12-9-14-6-7-15-12)17-11-4-5-13(16-8-11)18(2)3/h4-10,17H,1-3H3. The summed E-state index contributed by atoms with van der Waals surface area (Å²) >= 11 is 0. The molecule has 0 saturated carbocycles. The Hall–Kier alpha value is -2.17. The fourth-order valence-corrected chi connectivity index (χ4v) is 1.59. The Labute approximate surface area is 107 Å². The zero-order valence-corrected chi connectivity index (χ0v) is 10.8. The number of aromatic nitrogens is 3. The van der Waals surface area contributed by atoms with E-state index in [2.05, 4.69) is 20.3 Å². The summed E-state index contributed by atoms with van der Waals surface area (Å²) in [5.74, 6) is 0.938. The van der Waals surface area contributed by atoms with Gasteiger partial charge in [0.1, 0.15) is 5.82 Å². The third kappa shape index (κ3) is 2.94. The lowest BCUT2D eigenvalue weighted by Crippen LogP contribution is -2.12. The second-order valence-electron chi connectivity index (χ2n) is 4.30. The molecule has 1 unspecified atom stereocenters. The molecule has 0 bridgehead atoms. The van der Waals surface area contributed by atoms with Crippen LogP contribution >= 0.6 is 0 Å². The van der Waals surface area contributed by atoms with Crippen molar-refractivity contribution in [2.75, 3.05) is 24.3 Å². The summed E-state index contributed by atoms with van der Waals surface area (Å²) in [5.41, 5.74) is 1.88. The fourth-order valence-electron chi connectivity index (χ4n) is 1.59. The van der Waals surface area contributed by atoms with Crippen molar-refractivity contribution >= 4 is 11.5 Å². The lowest BCUT2D eigenvalue weighted by Gasteiger charge is -2.15. The Morgan fingerprint density at radius 2 is 1.94 bits per heavy atom. The smallest absolute Gasteiger partial charge is 0.128 e. The minimum absolute atomic E-state index is 0.103. The minimum atomic E-state index is 0.103. The molecule has 94 valence electrons. The van der Waals surface area contributed by atoms with Crippen molar-refractivity contribution in [2.45, 2.75) is 13.0 Å². The molecule has 5 heteroatoms. The Morgan fingerprint density at radius 3 is 2.50 bits per heavy atom. The Bertz CT molecular complexity index is 480. The maximum Gasteiger partial charge on any atom is 0.128 e. The van der Waals surface area contributed by atoms with E-state index in [0.717, 1.165) is 17.2 Å². The minimum Gasteiger partial charge on any atom is -0.376 e. The van der Waals surface area contributed by atoms with E-state index in [4.69, 9.17) is 0 Å². The summed E-state index contributed by atoms with van der Waals surface area (Å²) < 4.78 is 0. The van der Waals surface area contributed by atoms with E-state index >= 15 is 0 Å². The summed E-state index contributed by atoms with van der Waals surface area (Å²) in [6.07, 6.45) is 6.95. The normalized spacial score (nSPS) is 11.9. The van der Waals surface area contributed by atoms with Gasteiger partial charge in [-0.05, 0) is 19.1 Å². The van der Waals surface area contributed by atoms with Gasteiger partial charge in [-0.2, -0.15) is 0 Å². The third-order valence-electron chi connectivity index (χ3n) is 2.62. The molecule has 18 heavy (non-hydrogen) atoms. The lowest BCUT2D eigenvalue weighted by molar-refractivity contribution is 0.826. The van der Waals surface area contributed by atoms with Gasteiger partial charge in [-0.1, -0.05) is 0 Å². The van der Waals surface area contributed by atoms with Crippen LogP contribution in [0, 0.1) is 0 Å². The van der Waals surface area contributed by atoms with Gasteiger partial charge in [-0.3, -0.25) is 9.97 Å². The average molecular weight is 243 g/mol. The predicted octanol–water partition coefficient (Wildman–Crippen LogP) is 2.11. The molecule has 1 atom stereocenters. The van der Waals surface area contributed by atoms with E-state index in [0.29, 0.717) is 0 Å². The molecule has 0 aliphatic carbocycles. The van der Waals surface area contributed by atoms with Crippen LogP contribution in [-0.4, -0.2) is 29.0 Å². The van der Waals surface area contributed by atoms with E-state index in [-0.39, 0.29) is 6.04 Å². The molecular weight excluding hydrogens is 226 g/mol. The fraction of sp³-hybridized carbons (Fsp3) is 0.308. The van der Waals surface area contributed by atoms with Crippen molar-refractivity contribution < 1.29 is 0 Å². The third-order valence-corrected chi connectivity index (χ3v) is 2.62. The number of anilines is 2. The van der Waals surface area contributed by atoms with Gasteiger partial charge in [-0.15, -0.1) is 0 Å². The van der Waals surface area contributed by atoms with Gasteiger partial charge < -0.3 is 10.2 Å². The van der Waals surface area contributed by atoms with Gasteiger partial charge in [0.2, 0.25) is 0 Å². The number of nitrogens with zero attached hydrogens (tertiary/aromatic N) is 4. The van der Waals surface area contributed by atoms with Crippen molar-refractivity contribution in [1.82, 2.24) is 15.0 Å². The van der Waals surface area contributed by atoms with E-state index in [1.807, 2.05) is 44.2 Å². The molecule has 5 nitrogen and oxygen atoms in total. The molecule has 0 spiro atoms. The van der Waals surface area contributed by atoms with E-state index in [1.54, 1.807) is 18.6 Å². The molecule has 0 saturated heterocycles. The second kappa shape index (κ2) is 5.44. The summed E-state index contributed by atoms with van der Waals surface area (Å²) in [4.78, 5) is 14.6. The Kier molecular flexibility index (Phi) is 3.72. The molecular formula is C13H17N5. The maximum absolute atomic E-state index is 4.35. The second-order valence-corrected chi connectivity index (χ2v) is 4.30. The van der Waals surface area contributed by atoms with Crippen LogP contribution in [0.2, 0.25) is 0 Å². The van der Waals surface area contributed by atoms with Crippen LogP contribution in [-0.2, 0) is 0 Å². The van der Waals surface area contributed by atoms with E-state index in [1.165, 1.54) is 0 Å². The summed E-state index contributed by atoms with van der Waals surface area (Å²) in [7, 11) is 3.94. The molecule has 2 aromatic rings. The number of pyridine rings is 1. The van der Waals surface area contributed by atoms with Crippen molar-refractivity contribution in [2.24, 2.45) is 0 Å². The molecule has 0 aliphatic heterocycles. The average Bonchev–Trinajstić information content (AvgIpc) is 2.40. The molecule has 2 aromatic heterocycles. The Balaban J connectivity index is 2.05. The highest BCUT2D eigenvalue weighted by atomic mass is 15.1. The van der Waals surface area contributed by atoms with Crippen molar-refractivity contribution in [1.29, 1.82) is 0 Å². The topological polar surface area (TPSA) is 53.9 Å². The first-order chi connectivity index (χ1) is 8.66. The van der Waals surface area contributed by atoms with Gasteiger partial charge in [0.15, 0.2) is 0 Å². The number of rotatable bonds is 4. The Morgan fingerprint density at radius 1 is 1.11 bits per heavy atom. The first kappa shape index (κ1) is 12.3. The van der Waals surface area contributed by atoms with Crippen molar-refractivity contribution in [3.63, 3.8) is 0 Å². The molecule has 0 amide bonds. The first-order valence-electron chi connectivity index (χ1n) is 5.82. The summed E-state index contributed by atoms with van der Waals surface area (Å²) in [5, 5.41) is 3.34. The first-order valence-corrected chi connectivity index (χ1v) is 5.82. The van der Waals surface area contributed by atoms with Gasteiger partial charge in [-0.25, -0.2) is 4.98 Å². The number of hydrogen-bond donors (Lipinski definition) is 1. The van der Waals surface area contributed by atoms with Crippen molar-refractivity contribution in [3.8, 4) is 0 Å². The van der Waals surface area contributed by atoms with Crippen LogP contribution in [0.25, 0.3) is 0 Å². The highest BCUT2D eigenvalue weighted by molar-refractivity contribution is 5.48. The van der Waals surface area contributed by atoms with Gasteiger partial charge in [0.05, 0.1) is 29.8 Å². The number of hydrogen-bond acceptors (Lipinski definition) is 5. The maximum atomic E-state index is 4.35. The monoisotopic (exact) mass is 243 g/mol. The molecule has 1 N–H and O–H groups in total. The molecule has 0 fully saturated rings. The van der Waals surface area contributed by atoms with Gasteiger partial charge >= 0.3 is 0 Å². The predicted molar refractivity (Wildman–Crippen MR) is 72.6 cm³/mol. The number of nitrogens with one attached hydrogen (secondary N) is 1. The van der Waals surface area contributed by atoms with Crippen molar-refractivity contribution in [3.05, 3.63) is 42.6 Å². The highest BCUT2D eigenvalue weighted by Gasteiger charge is 2.06. The highest BCUT2D eigenvalue weighted by Crippen LogP contribution is 2.17. The quantitative estimate of drug-likeness (QED) is 0.891. The van der Waals surface area contributed by atoms with Gasteiger partial charge in [0.25, 0.3) is 0 Å². The molecule has 2 rings (SSSR count). The largest absolute Gasteiger partial charge is 0.376 e. The van der Waals surface area contributed by atoms with Crippen LogP contribution in [0.3, 0.4) is 0 Å². The van der Waals surface area contributed by atoms with Crippen LogP contribution in [0.4, 0.5) is 11.5 Å². The molecule has 0 radical (unpaired) electrons. The summed E-state index contributed by atoms with van der Waals surface area (Å²) in [6.45, 7) is 2.05. The van der Waals surface area contributed by atoms with Crippen LogP contribution in [0.5, 0.6) is 0 Å². The summed E-state index contributed by atoms with van der Waals surface area (Å²) in [6, 6.07) is 4.09. The van der Waals surface area contributed by atoms with E-state index in [9.17, 15) is 0 Å². The van der Waals surface area contributed by atoms with E-state index < -0.39 is 0 Å². The van der Waals surface area contributed by atoms with Crippen LogP contribution in [0.1, 0.15) is 18.7 Å².